The molecule has 0 saturated carbocycles. The molecule has 1 amide bonds. The summed E-state index contributed by atoms with van der Waals surface area (Å²) in [6.45, 7) is 6.28. The Balaban J connectivity index is 1.51. The number of pyridine rings is 1. The van der Waals surface area contributed by atoms with E-state index in [0.717, 1.165) is 42.0 Å². The van der Waals surface area contributed by atoms with Crippen LogP contribution in [-0.4, -0.2) is 59.6 Å². The molecule has 4 rings (SSSR count). The zero-order valence-electron chi connectivity index (χ0n) is 24.3. The second-order valence-corrected chi connectivity index (χ2v) is 11.2. The van der Waals surface area contributed by atoms with E-state index in [2.05, 4.69) is 23.7 Å². The van der Waals surface area contributed by atoms with E-state index < -0.39 is 24.0 Å². The third-order valence-corrected chi connectivity index (χ3v) is 7.68. The van der Waals surface area contributed by atoms with E-state index >= 15 is 4.39 Å². The number of benzene rings is 2. The lowest BCUT2D eigenvalue weighted by atomic mass is 9.99. The summed E-state index contributed by atoms with van der Waals surface area (Å²) >= 11 is 0. The fraction of sp³-hybridized carbons (Fsp3) is 0.394. The van der Waals surface area contributed by atoms with Gasteiger partial charge in [-0.2, -0.15) is 13.2 Å². The van der Waals surface area contributed by atoms with Gasteiger partial charge in [0, 0.05) is 56.5 Å². The van der Waals surface area contributed by atoms with Gasteiger partial charge in [0.1, 0.15) is 6.17 Å². The molecule has 0 radical (unpaired) electrons. The van der Waals surface area contributed by atoms with Crippen molar-refractivity contribution in [3.8, 4) is 0 Å². The van der Waals surface area contributed by atoms with E-state index in [1.54, 1.807) is 17.3 Å². The van der Waals surface area contributed by atoms with Crippen molar-refractivity contribution in [1.29, 1.82) is 0 Å². The fourth-order valence-corrected chi connectivity index (χ4v) is 5.09. The highest BCUT2D eigenvalue weighted by atomic mass is 19.4. The number of likely N-dealkylation sites (tertiary alicyclic amines) is 1. The summed E-state index contributed by atoms with van der Waals surface area (Å²) in [6, 6.07) is 15.6. The lowest BCUT2D eigenvalue weighted by Crippen LogP contribution is -2.53. The maximum Gasteiger partial charge on any atom is 0.416 e. The molecular weight excluding hydrogens is 544 g/mol. The van der Waals surface area contributed by atoms with E-state index in [1.165, 1.54) is 24.3 Å². The molecule has 1 aromatic heterocycles. The molecule has 5 nitrogen and oxygen atoms in total. The highest BCUT2D eigenvalue weighted by Gasteiger charge is 2.35. The molecule has 1 aliphatic heterocycles. The summed E-state index contributed by atoms with van der Waals surface area (Å²) in [5.74, 6) is 0.144. The van der Waals surface area contributed by atoms with Crippen LogP contribution in [-0.2, 0) is 17.5 Å². The third kappa shape index (κ3) is 8.41. The quantitative estimate of drug-likeness (QED) is 0.185. The third-order valence-electron chi connectivity index (χ3n) is 7.68. The molecule has 224 valence electrons. The molecule has 1 saturated heterocycles. The SMILES string of the molecule is CC(C)CCN1CC[C@H](N(Cc2ccc(N(C)c3ccncc3)cc2)C(=O)C=Cc2ccc(C(F)(F)F)cc2)[C@H](F)C1. The second-order valence-electron chi connectivity index (χ2n) is 11.2. The van der Waals surface area contributed by atoms with Crippen LogP contribution in [0.15, 0.2) is 79.1 Å². The molecule has 2 aromatic carbocycles. The Morgan fingerprint density at radius 1 is 1.02 bits per heavy atom. The van der Waals surface area contributed by atoms with Crippen molar-refractivity contribution in [2.75, 3.05) is 31.6 Å². The predicted molar refractivity (Wildman–Crippen MR) is 159 cm³/mol. The van der Waals surface area contributed by atoms with Gasteiger partial charge in [-0.1, -0.05) is 38.1 Å². The van der Waals surface area contributed by atoms with Crippen molar-refractivity contribution in [1.82, 2.24) is 14.8 Å². The molecule has 2 heterocycles. The second kappa shape index (κ2) is 14.0. The number of aromatic nitrogens is 1. The summed E-state index contributed by atoms with van der Waals surface area (Å²) in [6.07, 6.45) is 2.09. The molecule has 0 bridgehead atoms. The van der Waals surface area contributed by atoms with Crippen LogP contribution in [0.25, 0.3) is 6.08 Å². The number of carbonyl (C=O) groups is 1. The topological polar surface area (TPSA) is 39.7 Å². The van der Waals surface area contributed by atoms with Gasteiger partial charge >= 0.3 is 6.18 Å². The Kier molecular flexibility index (Phi) is 10.4. The smallest absolute Gasteiger partial charge is 0.345 e. The van der Waals surface area contributed by atoms with Gasteiger partial charge in [0.25, 0.3) is 0 Å². The van der Waals surface area contributed by atoms with E-state index in [9.17, 15) is 18.0 Å². The van der Waals surface area contributed by atoms with Gasteiger partial charge in [0.05, 0.1) is 11.6 Å². The minimum atomic E-state index is -4.43. The first-order valence-corrected chi connectivity index (χ1v) is 14.3. The Hall–Kier alpha value is -3.72. The van der Waals surface area contributed by atoms with Crippen molar-refractivity contribution in [2.45, 2.75) is 51.6 Å². The fourth-order valence-electron chi connectivity index (χ4n) is 5.09. The Bertz CT molecular complexity index is 1310. The monoisotopic (exact) mass is 582 g/mol. The average molecular weight is 583 g/mol. The van der Waals surface area contributed by atoms with Crippen LogP contribution in [0.5, 0.6) is 0 Å². The van der Waals surface area contributed by atoms with E-state index in [1.807, 2.05) is 48.3 Å². The van der Waals surface area contributed by atoms with Gasteiger partial charge in [0.15, 0.2) is 0 Å². The molecule has 1 aliphatic rings. The van der Waals surface area contributed by atoms with Crippen LogP contribution < -0.4 is 4.90 Å². The van der Waals surface area contributed by atoms with Crippen LogP contribution in [0.1, 0.15) is 43.4 Å². The lowest BCUT2D eigenvalue weighted by Gasteiger charge is -2.40. The van der Waals surface area contributed by atoms with E-state index in [-0.39, 0.29) is 19.0 Å². The number of carbonyl (C=O) groups excluding carboxylic acids is 1. The largest absolute Gasteiger partial charge is 0.416 e. The number of hydrogen-bond acceptors (Lipinski definition) is 4. The minimum absolute atomic E-state index is 0.215. The average Bonchev–Trinajstić information content (AvgIpc) is 2.98. The van der Waals surface area contributed by atoms with Crippen LogP contribution in [0.4, 0.5) is 28.9 Å². The van der Waals surface area contributed by atoms with Gasteiger partial charge in [0.2, 0.25) is 5.91 Å². The number of halogens is 4. The van der Waals surface area contributed by atoms with Crippen LogP contribution in [0, 0.1) is 5.92 Å². The summed E-state index contributed by atoms with van der Waals surface area (Å²) in [7, 11) is 1.95. The normalized spacial score (nSPS) is 18.0. The molecule has 9 heteroatoms. The maximum absolute atomic E-state index is 15.6. The van der Waals surface area contributed by atoms with E-state index in [0.29, 0.717) is 24.4 Å². The number of nitrogens with zero attached hydrogens (tertiary/aromatic N) is 4. The van der Waals surface area contributed by atoms with Crippen LogP contribution >= 0.6 is 0 Å². The first kappa shape index (κ1) is 31.2. The number of anilines is 2. The van der Waals surface area contributed by atoms with Gasteiger partial charge in [-0.15, -0.1) is 0 Å². The molecule has 0 N–H and O–H groups in total. The van der Waals surface area contributed by atoms with Crippen molar-refractivity contribution in [3.05, 3.63) is 95.8 Å². The molecule has 1 fully saturated rings. The Labute approximate surface area is 245 Å². The summed E-state index contributed by atoms with van der Waals surface area (Å²) < 4.78 is 54.4. The molecular formula is C33H38F4N4O. The van der Waals surface area contributed by atoms with Gasteiger partial charge in [-0.05, 0) is 78.9 Å². The zero-order valence-corrected chi connectivity index (χ0v) is 24.3. The minimum Gasteiger partial charge on any atom is -0.345 e. The molecule has 2 atom stereocenters. The molecule has 3 aromatic rings. The summed E-state index contributed by atoms with van der Waals surface area (Å²) in [5, 5.41) is 0. The molecule has 0 aliphatic carbocycles. The summed E-state index contributed by atoms with van der Waals surface area (Å²) in [4.78, 5) is 23.3. The number of amides is 1. The first-order chi connectivity index (χ1) is 20.0. The standard InChI is InChI=1S/C33H38F4N4O/c1-24(2)16-20-40-21-17-31(30(34)23-40)41(32(42)13-8-25-4-9-27(10-5-25)33(35,36)37)22-26-6-11-28(12-7-26)39(3)29-14-18-38-19-15-29/h4-15,18-19,24,30-31H,16-17,20-23H2,1-3H3/t30-,31+/m1/s1. The van der Waals surface area contributed by atoms with Crippen molar-refractivity contribution in [2.24, 2.45) is 5.92 Å². The number of rotatable bonds is 10. The van der Waals surface area contributed by atoms with E-state index in [4.69, 9.17) is 0 Å². The van der Waals surface area contributed by atoms with Gasteiger partial charge in [-0.25, -0.2) is 4.39 Å². The van der Waals surface area contributed by atoms with Crippen molar-refractivity contribution >= 4 is 23.4 Å². The number of piperidine rings is 1. The van der Waals surface area contributed by atoms with Crippen molar-refractivity contribution in [3.63, 3.8) is 0 Å². The summed E-state index contributed by atoms with van der Waals surface area (Å²) in [5.41, 5.74) is 2.49. The molecule has 0 unspecified atom stereocenters. The Morgan fingerprint density at radius 3 is 2.26 bits per heavy atom. The highest BCUT2D eigenvalue weighted by molar-refractivity contribution is 5.92. The van der Waals surface area contributed by atoms with Gasteiger partial charge < -0.3 is 14.7 Å². The highest BCUT2D eigenvalue weighted by Crippen LogP contribution is 2.30. The maximum atomic E-state index is 15.6. The van der Waals surface area contributed by atoms with Crippen LogP contribution in [0.3, 0.4) is 0 Å². The number of hydrogen-bond donors (Lipinski definition) is 0. The molecule has 0 spiro atoms. The molecule has 42 heavy (non-hydrogen) atoms. The zero-order chi connectivity index (χ0) is 30.3. The first-order valence-electron chi connectivity index (χ1n) is 14.3. The predicted octanol–water partition coefficient (Wildman–Crippen LogP) is 7.37. The Morgan fingerprint density at radius 2 is 1.67 bits per heavy atom. The van der Waals surface area contributed by atoms with Gasteiger partial charge in [-0.3, -0.25) is 9.78 Å². The van der Waals surface area contributed by atoms with Crippen molar-refractivity contribution < 1.29 is 22.4 Å². The van der Waals surface area contributed by atoms with Crippen LogP contribution in [0.2, 0.25) is 0 Å². The number of alkyl halides is 4. The lowest BCUT2D eigenvalue weighted by molar-refractivity contribution is -0.137.